The Morgan fingerprint density at radius 1 is 0.971 bits per heavy atom. The van der Waals surface area contributed by atoms with Crippen LogP contribution in [0.2, 0.25) is 0 Å². The van der Waals surface area contributed by atoms with E-state index < -0.39 is 11.7 Å². The van der Waals surface area contributed by atoms with Gasteiger partial charge in [-0.1, -0.05) is 0 Å². The highest BCUT2D eigenvalue weighted by Gasteiger charge is 2.35. The predicted octanol–water partition coefficient (Wildman–Crippen LogP) is 3.14. The molecule has 0 radical (unpaired) electrons. The van der Waals surface area contributed by atoms with E-state index in [0.29, 0.717) is 37.2 Å². The van der Waals surface area contributed by atoms with Crippen LogP contribution in [0.25, 0.3) is 5.69 Å². The fourth-order valence-electron chi connectivity index (χ4n) is 4.75. The molecule has 0 spiro atoms. The smallest absolute Gasteiger partial charge is 0.277 e. The molecule has 3 aromatic rings. The fraction of sp³-hybridized carbons (Fsp3) is 0.280. The Morgan fingerprint density at radius 2 is 1.71 bits per heavy atom. The Kier molecular flexibility index (Phi) is 5.39. The molecule has 1 aromatic heterocycles. The number of hydrogen-bond acceptors (Lipinski definition) is 4. The lowest BCUT2D eigenvalue weighted by molar-refractivity contribution is -0.119. The number of carbonyl (C=O) groups excluding carboxylic acids is 3. The fourth-order valence-corrected chi connectivity index (χ4v) is 4.75. The number of anilines is 2. The van der Waals surface area contributed by atoms with Crippen molar-refractivity contribution in [3.8, 4) is 5.69 Å². The van der Waals surface area contributed by atoms with Crippen molar-refractivity contribution in [1.29, 1.82) is 0 Å². The van der Waals surface area contributed by atoms with Gasteiger partial charge in [0.15, 0.2) is 5.69 Å². The molecule has 174 valence electrons. The quantitative estimate of drug-likeness (QED) is 0.645. The molecule has 34 heavy (non-hydrogen) atoms. The summed E-state index contributed by atoms with van der Waals surface area (Å²) in [7, 11) is 0. The predicted molar refractivity (Wildman–Crippen MR) is 125 cm³/mol. The van der Waals surface area contributed by atoms with Gasteiger partial charge in [0.2, 0.25) is 5.91 Å². The molecule has 0 aliphatic carbocycles. The second-order valence-corrected chi connectivity index (χ2v) is 8.61. The summed E-state index contributed by atoms with van der Waals surface area (Å²) in [5.41, 5.74) is 9.16. The molecule has 0 saturated carbocycles. The van der Waals surface area contributed by atoms with Gasteiger partial charge < -0.3 is 15.5 Å². The summed E-state index contributed by atoms with van der Waals surface area (Å²) in [5, 5.41) is 4.30. The van der Waals surface area contributed by atoms with Crippen LogP contribution in [0.5, 0.6) is 0 Å². The highest BCUT2D eigenvalue weighted by molar-refractivity contribution is 6.10. The van der Waals surface area contributed by atoms with Crippen LogP contribution in [-0.2, 0) is 11.2 Å². The van der Waals surface area contributed by atoms with E-state index in [1.54, 1.807) is 9.80 Å². The van der Waals surface area contributed by atoms with Gasteiger partial charge in [-0.15, -0.1) is 0 Å². The number of carbonyl (C=O) groups is 3. The van der Waals surface area contributed by atoms with E-state index >= 15 is 0 Å². The van der Waals surface area contributed by atoms with Crippen LogP contribution in [0.3, 0.4) is 0 Å². The number of piperidine rings is 1. The van der Waals surface area contributed by atoms with E-state index in [1.165, 1.54) is 28.9 Å². The van der Waals surface area contributed by atoms with Gasteiger partial charge >= 0.3 is 0 Å². The van der Waals surface area contributed by atoms with Gasteiger partial charge in [-0.2, -0.15) is 5.10 Å². The maximum absolute atomic E-state index is 13.7. The molecular formula is C25H24FN5O3. The third-order valence-electron chi connectivity index (χ3n) is 6.43. The first-order valence-corrected chi connectivity index (χ1v) is 11.3. The second kappa shape index (κ2) is 8.40. The molecule has 5 rings (SSSR count). The number of benzene rings is 2. The molecule has 1 fully saturated rings. The number of nitrogens with zero attached hydrogens (tertiary/aromatic N) is 4. The van der Waals surface area contributed by atoms with Crippen molar-refractivity contribution in [3.63, 3.8) is 0 Å². The summed E-state index contributed by atoms with van der Waals surface area (Å²) < 4.78 is 14.8. The van der Waals surface area contributed by atoms with Crippen molar-refractivity contribution in [3.05, 3.63) is 70.8 Å². The van der Waals surface area contributed by atoms with Crippen LogP contribution in [0.15, 0.2) is 42.5 Å². The van der Waals surface area contributed by atoms with Crippen molar-refractivity contribution in [2.45, 2.75) is 32.6 Å². The standard InChI is InChI=1S/C25H24FN5O3/c1-15-14-18(29-12-3-2-4-21(29)32)9-10-20(15)30-13-11-19-22(24(27)33)28-31(23(19)25(30)34)17-7-5-16(26)6-8-17/h5-10,14H,2-4,11-13H2,1H3,(H2,27,33). The topological polar surface area (TPSA) is 102 Å². The highest BCUT2D eigenvalue weighted by atomic mass is 19.1. The van der Waals surface area contributed by atoms with E-state index in [-0.39, 0.29) is 23.2 Å². The lowest BCUT2D eigenvalue weighted by Crippen LogP contribution is -2.39. The normalized spacial score (nSPS) is 16.1. The summed E-state index contributed by atoms with van der Waals surface area (Å²) in [6, 6.07) is 11.2. The molecular weight excluding hydrogens is 437 g/mol. The average molecular weight is 461 g/mol. The molecule has 3 heterocycles. The largest absolute Gasteiger partial charge is 0.364 e. The minimum Gasteiger partial charge on any atom is -0.364 e. The first kappa shape index (κ1) is 21.8. The molecule has 3 amide bonds. The van der Waals surface area contributed by atoms with Crippen molar-refractivity contribution < 1.29 is 18.8 Å². The van der Waals surface area contributed by atoms with Crippen LogP contribution in [0, 0.1) is 12.7 Å². The van der Waals surface area contributed by atoms with E-state index in [4.69, 9.17) is 5.73 Å². The minimum absolute atomic E-state index is 0.0444. The van der Waals surface area contributed by atoms with Crippen LogP contribution >= 0.6 is 0 Å². The Morgan fingerprint density at radius 3 is 2.38 bits per heavy atom. The summed E-state index contributed by atoms with van der Waals surface area (Å²) in [5.74, 6) is -1.35. The van der Waals surface area contributed by atoms with Gasteiger partial charge in [0.1, 0.15) is 11.5 Å². The number of halogens is 1. The van der Waals surface area contributed by atoms with E-state index in [1.807, 2.05) is 25.1 Å². The molecule has 1 saturated heterocycles. The zero-order valence-electron chi connectivity index (χ0n) is 18.8. The monoisotopic (exact) mass is 461 g/mol. The van der Waals surface area contributed by atoms with Crippen molar-refractivity contribution >= 4 is 29.1 Å². The Bertz CT molecular complexity index is 1310. The van der Waals surface area contributed by atoms with Gasteiger partial charge in [0.05, 0.1) is 5.69 Å². The summed E-state index contributed by atoms with van der Waals surface area (Å²) >= 11 is 0. The number of fused-ring (bicyclic) bond motifs is 1. The molecule has 2 aliphatic heterocycles. The van der Waals surface area contributed by atoms with Gasteiger partial charge in [0, 0.05) is 36.4 Å². The highest BCUT2D eigenvalue weighted by Crippen LogP contribution is 2.33. The van der Waals surface area contributed by atoms with Gasteiger partial charge in [0.25, 0.3) is 11.8 Å². The SMILES string of the molecule is Cc1cc(N2CCCCC2=O)ccc1N1CCc2c(C(N)=O)nn(-c3ccc(F)cc3)c2C1=O. The molecule has 0 bridgehead atoms. The van der Waals surface area contributed by atoms with Crippen LogP contribution < -0.4 is 15.5 Å². The van der Waals surface area contributed by atoms with Gasteiger partial charge in [-0.3, -0.25) is 14.4 Å². The first-order chi connectivity index (χ1) is 16.3. The number of rotatable bonds is 4. The number of nitrogens with two attached hydrogens (primary N) is 1. The molecule has 8 nitrogen and oxygen atoms in total. The molecule has 0 atom stereocenters. The molecule has 0 unspecified atom stereocenters. The Hall–Kier alpha value is -4.01. The van der Waals surface area contributed by atoms with Crippen LogP contribution in [0.1, 0.15) is 51.4 Å². The molecule has 2 N–H and O–H groups in total. The Labute approximate surface area is 195 Å². The number of hydrogen-bond donors (Lipinski definition) is 1. The lowest BCUT2D eigenvalue weighted by Gasteiger charge is -2.31. The van der Waals surface area contributed by atoms with Crippen molar-refractivity contribution in [2.24, 2.45) is 5.73 Å². The summed E-state index contributed by atoms with van der Waals surface area (Å²) in [6.45, 7) is 2.95. The zero-order chi connectivity index (χ0) is 24.0. The number of amides is 3. The number of primary amides is 1. The Balaban J connectivity index is 1.53. The van der Waals surface area contributed by atoms with Gasteiger partial charge in [-0.25, -0.2) is 9.07 Å². The van der Waals surface area contributed by atoms with E-state index in [0.717, 1.165) is 29.8 Å². The third-order valence-corrected chi connectivity index (χ3v) is 6.43. The minimum atomic E-state index is -0.718. The maximum Gasteiger partial charge on any atom is 0.277 e. The van der Waals surface area contributed by atoms with Gasteiger partial charge in [-0.05, 0) is 74.2 Å². The maximum atomic E-state index is 13.7. The zero-order valence-corrected chi connectivity index (χ0v) is 18.8. The molecule has 2 aliphatic rings. The molecule has 9 heteroatoms. The van der Waals surface area contributed by atoms with E-state index in [2.05, 4.69) is 5.10 Å². The van der Waals surface area contributed by atoms with Crippen molar-refractivity contribution in [2.75, 3.05) is 22.9 Å². The van der Waals surface area contributed by atoms with Crippen molar-refractivity contribution in [1.82, 2.24) is 9.78 Å². The summed E-state index contributed by atoms with van der Waals surface area (Å²) in [4.78, 5) is 41.5. The first-order valence-electron chi connectivity index (χ1n) is 11.3. The number of aromatic nitrogens is 2. The second-order valence-electron chi connectivity index (χ2n) is 8.61. The molecule has 2 aromatic carbocycles. The van der Waals surface area contributed by atoms with Crippen LogP contribution in [0.4, 0.5) is 15.8 Å². The van der Waals surface area contributed by atoms with Crippen LogP contribution in [-0.4, -0.2) is 40.6 Å². The average Bonchev–Trinajstić information content (AvgIpc) is 3.21. The summed E-state index contributed by atoms with van der Waals surface area (Å²) in [6.07, 6.45) is 2.82. The lowest BCUT2D eigenvalue weighted by atomic mass is 10.0. The van der Waals surface area contributed by atoms with E-state index in [9.17, 15) is 18.8 Å². The number of aryl methyl sites for hydroxylation is 1. The third kappa shape index (κ3) is 3.63.